The molecule has 1 aromatic carbocycles. The monoisotopic (exact) mass is 607 g/mol. The van der Waals surface area contributed by atoms with Crippen LogP contribution in [0, 0.1) is 23.7 Å². The standard InChI is InChI=1S/C30H36F3N3O7/c1-12-5-13(2)10-36(9-12)11-15-8-18(37)20-16(22(15)30(31,32)33)6-14-7-17-23(35(3)4)25(39)21(28(34)42)27(41)29(17,43)26(40)19(14)24(20)38/h8,12-14,17,23,37,39-40,43H,5-7,9-11H2,1-4H3,(H2,34,42)/t12-,13+,14-,17-,23-,29-/m0/s1. The molecule has 0 radical (unpaired) electrons. The summed E-state index contributed by atoms with van der Waals surface area (Å²) in [6.07, 6.45) is -4.67. The summed E-state index contributed by atoms with van der Waals surface area (Å²) < 4.78 is 44.3. The van der Waals surface area contributed by atoms with Crippen LogP contribution in [0.25, 0.3) is 0 Å². The zero-order valence-corrected chi connectivity index (χ0v) is 24.3. The number of phenolic OH excluding ortho intramolecular Hbond substituents is 1. The van der Waals surface area contributed by atoms with Gasteiger partial charge in [-0.1, -0.05) is 13.8 Å². The Bertz CT molecular complexity index is 1470. The van der Waals surface area contributed by atoms with E-state index in [0.29, 0.717) is 13.1 Å². The molecule has 1 saturated heterocycles. The van der Waals surface area contributed by atoms with Crippen molar-refractivity contribution in [2.24, 2.45) is 29.4 Å². The first-order chi connectivity index (χ1) is 19.9. The first-order valence-corrected chi connectivity index (χ1v) is 14.2. The number of fused-ring (bicyclic) bond motifs is 3. The highest BCUT2D eigenvalue weighted by Gasteiger charge is 2.63. The molecule has 1 aromatic rings. The second-order valence-corrected chi connectivity index (χ2v) is 12.9. The van der Waals surface area contributed by atoms with Gasteiger partial charge in [0.25, 0.3) is 5.91 Å². The number of piperidine rings is 1. The van der Waals surface area contributed by atoms with Crippen LogP contribution < -0.4 is 5.73 Å². The molecule has 3 aliphatic carbocycles. The minimum atomic E-state index is -4.89. The molecule has 0 bridgehead atoms. The fourth-order valence-electron chi connectivity index (χ4n) is 8.03. The van der Waals surface area contributed by atoms with Crippen LogP contribution in [0.3, 0.4) is 0 Å². The Morgan fingerprint density at radius 3 is 2.26 bits per heavy atom. The smallest absolute Gasteiger partial charge is 0.417 e. The van der Waals surface area contributed by atoms with Gasteiger partial charge in [0, 0.05) is 31.1 Å². The molecule has 1 aliphatic heterocycles. The molecule has 1 heterocycles. The van der Waals surface area contributed by atoms with Crippen LogP contribution in [0.5, 0.6) is 5.75 Å². The molecule has 0 unspecified atom stereocenters. The number of hydrogen-bond donors (Lipinski definition) is 5. The topological polar surface area (TPSA) is 165 Å². The lowest BCUT2D eigenvalue weighted by molar-refractivity contribution is -0.148. The average Bonchev–Trinajstić information content (AvgIpc) is 2.84. The Morgan fingerprint density at radius 1 is 1.12 bits per heavy atom. The number of likely N-dealkylation sites (N-methyl/N-ethyl adjacent to an activating group) is 1. The molecule has 1 amide bonds. The highest BCUT2D eigenvalue weighted by atomic mass is 19.4. The first kappa shape index (κ1) is 31.0. The maximum atomic E-state index is 14.8. The van der Waals surface area contributed by atoms with Gasteiger partial charge in [-0.25, -0.2) is 0 Å². The zero-order chi connectivity index (χ0) is 31.9. The number of aromatic hydroxyl groups is 1. The maximum Gasteiger partial charge on any atom is 0.417 e. The number of carbonyl (C=O) groups is 3. The minimum Gasteiger partial charge on any atom is -0.510 e. The summed E-state index contributed by atoms with van der Waals surface area (Å²) in [5, 5.41) is 44.9. The lowest BCUT2D eigenvalue weighted by atomic mass is 9.58. The predicted molar refractivity (Wildman–Crippen MR) is 147 cm³/mol. The predicted octanol–water partition coefficient (Wildman–Crippen LogP) is 2.62. The van der Waals surface area contributed by atoms with Crippen molar-refractivity contribution < 1.29 is 48.0 Å². The summed E-state index contributed by atoms with van der Waals surface area (Å²) in [7, 11) is 2.95. The fourth-order valence-corrected chi connectivity index (χ4v) is 8.03. The third-order valence-electron chi connectivity index (χ3n) is 9.43. The van der Waals surface area contributed by atoms with Crippen LogP contribution in [0.15, 0.2) is 28.7 Å². The van der Waals surface area contributed by atoms with E-state index in [-0.39, 0.29) is 30.4 Å². The number of phenols is 1. The Kier molecular flexibility index (Phi) is 7.46. The van der Waals surface area contributed by atoms with Crippen molar-refractivity contribution in [3.05, 3.63) is 51.0 Å². The molecule has 0 spiro atoms. The number of primary amides is 1. The van der Waals surface area contributed by atoms with Gasteiger partial charge in [-0.15, -0.1) is 0 Å². The summed E-state index contributed by atoms with van der Waals surface area (Å²) in [5.41, 5.74) is -1.28. The number of halogens is 3. The highest BCUT2D eigenvalue weighted by molar-refractivity contribution is 6.24. The van der Waals surface area contributed by atoms with Crippen molar-refractivity contribution >= 4 is 17.5 Å². The van der Waals surface area contributed by atoms with E-state index in [2.05, 4.69) is 0 Å². The summed E-state index contributed by atoms with van der Waals surface area (Å²) in [4.78, 5) is 42.6. The van der Waals surface area contributed by atoms with Gasteiger partial charge in [-0.3, -0.25) is 24.2 Å². The Labute approximate surface area is 246 Å². The van der Waals surface area contributed by atoms with Crippen LogP contribution in [0.4, 0.5) is 13.2 Å². The second-order valence-electron chi connectivity index (χ2n) is 12.9. The molecule has 6 atom stereocenters. The molecule has 43 heavy (non-hydrogen) atoms. The van der Waals surface area contributed by atoms with E-state index in [9.17, 15) is 48.0 Å². The summed E-state index contributed by atoms with van der Waals surface area (Å²) >= 11 is 0. The van der Waals surface area contributed by atoms with E-state index in [1.165, 1.54) is 19.0 Å². The quantitative estimate of drug-likeness (QED) is 0.324. The zero-order valence-electron chi connectivity index (χ0n) is 24.3. The highest BCUT2D eigenvalue weighted by Crippen LogP contribution is 2.54. The number of nitrogens with zero attached hydrogens (tertiary/aromatic N) is 2. The number of aliphatic hydroxyl groups is 3. The second kappa shape index (κ2) is 10.3. The third kappa shape index (κ3) is 4.72. The largest absolute Gasteiger partial charge is 0.510 e. The van der Waals surface area contributed by atoms with E-state index in [1.807, 2.05) is 18.7 Å². The van der Waals surface area contributed by atoms with E-state index < -0.39 is 98.7 Å². The first-order valence-electron chi connectivity index (χ1n) is 14.2. The Morgan fingerprint density at radius 2 is 1.72 bits per heavy atom. The van der Waals surface area contributed by atoms with Gasteiger partial charge < -0.3 is 26.2 Å². The number of allylic oxidation sites excluding steroid dienone is 1. The number of hydrogen-bond acceptors (Lipinski definition) is 9. The van der Waals surface area contributed by atoms with Gasteiger partial charge in [0.15, 0.2) is 11.4 Å². The van der Waals surface area contributed by atoms with Gasteiger partial charge in [0.2, 0.25) is 5.78 Å². The lowest BCUT2D eigenvalue weighted by Gasteiger charge is -2.50. The molecule has 1 fully saturated rings. The normalized spacial score (nSPS) is 31.7. The summed E-state index contributed by atoms with van der Waals surface area (Å²) in [5.74, 6) is -8.40. The molecular formula is C30H36F3N3O7. The fraction of sp³-hybridized carbons (Fsp3) is 0.567. The van der Waals surface area contributed by atoms with E-state index >= 15 is 0 Å². The number of benzene rings is 1. The maximum absolute atomic E-state index is 14.8. The number of carbonyl (C=O) groups excluding carboxylic acids is 3. The lowest BCUT2D eigenvalue weighted by Crippen LogP contribution is -2.63. The van der Waals surface area contributed by atoms with Crippen molar-refractivity contribution in [2.75, 3.05) is 27.2 Å². The van der Waals surface area contributed by atoms with Crippen LogP contribution in [0.2, 0.25) is 0 Å². The molecule has 5 rings (SSSR count). The molecule has 234 valence electrons. The van der Waals surface area contributed by atoms with Crippen molar-refractivity contribution in [1.82, 2.24) is 9.80 Å². The van der Waals surface area contributed by atoms with Crippen LogP contribution >= 0.6 is 0 Å². The number of likely N-dealkylation sites (tertiary alicyclic amines) is 1. The van der Waals surface area contributed by atoms with Crippen LogP contribution in [0.1, 0.15) is 53.7 Å². The number of alkyl halides is 3. The minimum absolute atomic E-state index is 0.0920. The van der Waals surface area contributed by atoms with Crippen molar-refractivity contribution in [1.29, 1.82) is 0 Å². The number of amides is 1. The van der Waals surface area contributed by atoms with Gasteiger partial charge in [0.1, 0.15) is 22.8 Å². The molecular weight excluding hydrogens is 571 g/mol. The Balaban J connectivity index is 1.67. The molecule has 0 saturated carbocycles. The van der Waals surface area contributed by atoms with Crippen LogP contribution in [-0.4, -0.2) is 86.5 Å². The van der Waals surface area contributed by atoms with Crippen molar-refractivity contribution in [3.63, 3.8) is 0 Å². The molecule has 10 nitrogen and oxygen atoms in total. The summed E-state index contributed by atoms with van der Waals surface area (Å²) in [6, 6.07) is -0.308. The third-order valence-corrected chi connectivity index (χ3v) is 9.43. The molecule has 6 N–H and O–H groups in total. The van der Waals surface area contributed by atoms with E-state index in [1.54, 1.807) is 0 Å². The van der Waals surface area contributed by atoms with E-state index in [4.69, 9.17) is 5.73 Å². The Hall–Kier alpha value is -3.42. The van der Waals surface area contributed by atoms with Crippen molar-refractivity contribution in [3.8, 4) is 5.75 Å². The van der Waals surface area contributed by atoms with Crippen molar-refractivity contribution in [2.45, 2.75) is 57.5 Å². The van der Waals surface area contributed by atoms with Gasteiger partial charge in [-0.05, 0) is 68.3 Å². The number of aliphatic hydroxyl groups excluding tert-OH is 2. The SMILES string of the molecule is C[C@@H]1C[C@H](C)CN(Cc2cc(O)c3c(c2C(F)(F)F)C[C@H]2C[C@H]4[C@H](N(C)C)C(O)=C(C(N)=O)C(=O)[C@@]4(O)C(O)=C2C3=O)C1. The molecule has 4 aliphatic rings. The van der Waals surface area contributed by atoms with E-state index in [0.717, 1.165) is 12.5 Å². The summed E-state index contributed by atoms with van der Waals surface area (Å²) in [6.45, 7) is 5.11. The molecule has 13 heteroatoms. The average molecular weight is 608 g/mol. The number of Topliss-reactive ketones (excluding diaryl/α,β-unsaturated/α-hetero) is 2. The van der Waals surface area contributed by atoms with Gasteiger partial charge >= 0.3 is 6.18 Å². The van der Waals surface area contributed by atoms with Gasteiger partial charge in [-0.2, -0.15) is 13.2 Å². The number of nitrogens with two attached hydrogens (primary N) is 1. The molecule has 0 aromatic heterocycles. The number of rotatable bonds is 4. The van der Waals surface area contributed by atoms with Crippen LogP contribution in [-0.2, 0) is 28.7 Å². The number of ketones is 2. The van der Waals surface area contributed by atoms with Gasteiger partial charge in [0.05, 0.1) is 17.2 Å².